The molecule has 0 fully saturated rings. The van der Waals surface area contributed by atoms with Crippen molar-refractivity contribution in [2.75, 3.05) is 0 Å². The molecule has 10 aromatic carbocycles. The smallest absolute Gasteiger partial charge is 0.136 e. The van der Waals surface area contributed by atoms with E-state index >= 15 is 0 Å². The zero-order valence-corrected chi connectivity index (χ0v) is 43.5. The van der Waals surface area contributed by atoms with Gasteiger partial charge in [0.05, 0.1) is 0 Å². The molecule has 0 unspecified atom stereocenters. The molecule has 0 atom stereocenters. The Balaban J connectivity index is 0.913. The van der Waals surface area contributed by atoms with Gasteiger partial charge in [-0.1, -0.05) is 166 Å². The summed E-state index contributed by atoms with van der Waals surface area (Å²) in [5, 5.41) is 10.1. The lowest BCUT2D eigenvalue weighted by Gasteiger charge is -2.25. The van der Waals surface area contributed by atoms with Crippen molar-refractivity contribution in [3.05, 3.63) is 202 Å². The summed E-state index contributed by atoms with van der Waals surface area (Å²) in [7, 11) is 0. The van der Waals surface area contributed by atoms with Gasteiger partial charge in [0.2, 0.25) is 0 Å². The van der Waals surface area contributed by atoms with Crippen LogP contribution in [0.2, 0.25) is 0 Å². The van der Waals surface area contributed by atoms with E-state index < -0.39 is 0 Å². The molecule has 2 aromatic heterocycles. The van der Waals surface area contributed by atoms with Crippen LogP contribution in [0.3, 0.4) is 0 Å². The lowest BCUT2D eigenvalue weighted by atomic mass is 9.78. The number of furan rings is 2. The number of benzene rings is 10. The molecule has 3 aliphatic carbocycles. The maximum absolute atomic E-state index is 6.63. The molecule has 2 nitrogen and oxygen atoms in total. The Morgan fingerprint density at radius 3 is 1.00 bits per heavy atom. The van der Waals surface area contributed by atoms with Crippen molar-refractivity contribution in [2.45, 2.75) is 97.3 Å². The summed E-state index contributed by atoms with van der Waals surface area (Å²) in [6.07, 6.45) is 0. The van der Waals surface area contributed by atoms with E-state index in [4.69, 9.17) is 8.83 Å². The molecule has 0 spiro atoms. The second-order valence-electron chi connectivity index (χ2n) is 23.9. The Labute approximate surface area is 427 Å². The molecule has 2 heterocycles. The fourth-order valence-electron chi connectivity index (χ4n) is 14.5. The molecule has 0 saturated carbocycles. The predicted octanol–water partition coefficient (Wildman–Crippen LogP) is 20.3. The largest absolute Gasteiger partial charge is 0.456 e. The fourth-order valence-corrected chi connectivity index (χ4v) is 14.5. The Hall–Kier alpha value is -7.68. The highest BCUT2D eigenvalue weighted by atomic mass is 16.3. The average molecular weight is 943 g/mol. The summed E-state index contributed by atoms with van der Waals surface area (Å²) in [5.74, 6) is 0.728. The zero-order valence-electron chi connectivity index (χ0n) is 43.5. The lowest BCUT2D eigenvalue weighted by molar-refractivity contribution is 0.649. The first-order valence-corrected chi connectivity index (χ1v) is 26.5. The van der Waals surface area contributed by atoms with Crippen LogP contribution in [0, 0.1) is 0 Å². The molecular weight excluding hydrogens is 885 g/mol. The zero-order chi connectivity index (χ0) is 49.8. The van der Waals surface area contributed by atoms with Crippen molar-refractivity contribution >= 4 is 65.4 Å². The third-order valence-corrected chi connectivity index (χ3v) is 18.2. The predicted molar refractivity (Wildman–Crippen MR) is 308 cm³/mol. The number of fused-ring (bicyclic) bond motifs is 19. The highest BCUT2D eigenvalue weighted by molar-refractivity contribution is 6.20. The molecule has 0 N–H and O–H groups in total. The van der Waals surface area contributed by atoms with Gasteiger partial charge in [-0.2, -0.15) is 0 Å². The minimum Gasteiger partial charge on any atom is -0.456 e. The molecule has 2 heteroatoms. The summed E-state index contributed by atoms with van der Waals surface area (Å²) < 4.78 is 13.3. The first kappa shape index (κ1) is 43.0. The summed E-state index contributed by atoms with van der Waals surface area (Å²) in [5.41, 5.74) is 27.4. The summed E-state index contributed by atoms with van der Waals surface area (Å²) in [6, 6.07) is 60.1. The van der Waals surface area contributed by atoms with Gasteiger partial charge in [-0.15, -0.1) is 0 Å². The molecule has 15 rings (SSSR count). The van der Waals surface area contributed by atoms with Crippen LogP contribution in [0.15, 0.2) is 167 Å². The van der Waals surface area contributed by atoms with E-state index in [-0.39, 0.29) is 16.2 Å². The highest BCUT2D eigenvalue weighted by Crippen LogP contribution is 2.62. The standard InChI is InChI=1S/C71H58O2/c1-37(2)39-23-15-27-59-65(39)67-45(25-17-29-61(67)72-59)47-31-57-63(43-21-13-11-19-41(43)47)51-35-53-49(33-55(51)70(57,7)8)50-34-56-52(36-54(50)69(53,5)6)64-44-22-14-12-20-42(44)48(32-58(64)71(56,9)10)46-26-18-30-62-68(46)66-40(38(3)4)24-16-28-60(66)73-62/h11-38H,1-10H3. The summed E-state index contributed by atoms with van der Waals surface area (Å²) in [4.78, 5) is 0. The molecule has 0 bridgehead atoms. The first-order chi connectivity index (χ1) is 35.1. The monoisotopic (exact) mass is 942 g/mol. The molecule has 12 aromatic rings. The molecule has 0 amide bonds. The van der Waals surface area contributed by atoms with E-state index in [1.54, 1.807) is 0 Å². The van der Waals surface area contributed by atoms with Crippen LogP contribution in [0.1, 0.15) is 126 Å². The van der Waals surface area contributed by atoms with Gasteiger partial charge in [0.15, 0.2) is 0 Å². The Bertz CT molecular complexity index is 4180. The van der Waals surface area contributed by atoms with Gasteiger partial charge in [0.1, 0.15) is 22.3 Å². The van der Waals surface area contributed by atoms with Crippen LogP contribution >= 0.6 is 0 Å². The van der Waals surface area contributed by atoms with Crippen LogP contribution in [0.25, 0.3) is 121 Å². The second-order valence-corrected chi connectivity index (χ2v) is 23.9. The normalized spacial score (nSPS) is 15.6. The molecular formula is C71H58O2. The first-order valence-electron chi connectivity index (χ1n) is 26.5. The van der Waals surface area contributed by atoms with Gasteiger partial charge < -0.3 is 8.83 Å². The van der Waals surface area contributed by atoms with Gasteiger partial charge >= 0.3 is 0 Å². The van der Waals surface area contributed by atoms with Gasteiger partial charge in [0.25, 0.3) is 0 Å². The Kier molecular flexibility index (Phi) is 8.41. The Morgan fingerprint density at radius 1 is 0.288 bits per heavy atom. The molecule has 0 aliphatic heterocycles. The van der Waals surface area contributed by atoms with Crippen molar-refractivity contribution in [3.8, 4) is 55.6 Å². The minimum atomic E-state index is -0.249. The Morgan fingerprint density at radius 2 is 0.603 bits per heavy atom. The van der Waals surface area contributed by atoms with E-state index in [0.29, 0.717) is 11.8 Å². The average Bonchev–Trinajstić information content (AvgIpc) is 4.13. The van der Waals surface area contributed by atoms with E-state index in [1.165, 1.54) is 143 Å². The topological polar surface area (TPSA) is 26.3 Å². The van der Waals surface area contributed by atoms with Crippen LogP contribution in [0.4, 0.5) is 0 Å². The van der Waals surface area contributed by atoms with Gasteiger partial charge in [-0.25, -0.2) is 0 Å². The number of rotatable bonds is 4. The number of hydrogen-bond donors (Lipinski definition) is 0. The van der Waals surface area contributed by atoms with Crippen LogP contribution < -0.4 is 0 Å². The molecule has 73 heavy (non-hydrogen) atoms. The number of hydrogen-bond acceptors (Lipinski definition) is 2. The van der Waals surface area contributed by atoms with E-state index in [1.807, 2.05) is 0 Å². The van der Waals surface area contributed by atoms with E-state index in [2.05, 4.69) is 227 Å². The van der Waals surface area contributed by atoms with Gasteiger partial charge in [0, 0.05) is 37.8 Å². The highest BCUT2D eigenvalue weighted by Gasteiger charge is 2.46. The van der Waals surface area contributed by atoms with Crippen molar-refractivity contribution < 1.29 is 8.83 Å². The van der Waals surface area contributed by atoms with E-state index in [0.717, 1.165) is 22.3 Å². The third kappa shape index (κ3) is 5.44. The van der Waals surface area contributed by atoms with Crippen LogP contribution in [-0.2, 0) is 16.2 Å². The molecule has 0 saturated heterocycles. The van der Waals surface area contributed by atoms with Gasteiger partial charge in [-0.05, 0) is 194 Å². The maximum Gasteiger partial charge on any atom is 0.136 e. The van der Waals surface area contributed by atoms with Crippen molar-refractivity contribution in [2.24, 2.45) is 0 Å². The third-order valence-electron chi connectivity index (χ3n) is 18.2. The molecule has 3 aliphatic rings. The maximum atomic E-state index is 6.63. The van der Waals surface area contributed by atoms with Crippen LogP contribution in [0.5, 0.6) is 0 Å². The van der Waals surface area contributed by atoms with Gasteiger partial charge in [-0.3, -0.25) is 0 Å². The molecule has 354 valence electrons. The lowest BCUT2D eigenvalue weighted by Crippen LogP contribution is -2.17. The van der Waals surface area contributed by atoms with Crippen molar-refractivity contribution in [1.82, 2.24) is 0 Å². The summed E-state index contributed by atoms with van der Waals surface area (Å²) in [6.45, 7) is 23.9. The SMILES string of the molecule is CC(C)c1cccc2oc3cccc(-c4cc5c(c6ccccc46)-c4cc6c(cc4C5(C)C)-c4cc5c(cc4C6(C)C)-c4c(cc(-c6cccc7oc8cccc(C(C)C)c8c67)c6ccccc46)C5(C)C)c3c12. The quantitative estimate of drug-likeness (QED) is 0.176. The van der Waals surface area contributed by atoms with Crippen molar-refractivity contribution in [3.63, 3.8) is 0 Å². The molecule has 0 radical (unpaired) electrons. The van der Waals surface area contributed by atoms with Crippen molar-refractivity contribution in [1.29, 1.82) is 0 Å². The minimum absolute atomic E-state index is 0.224. The fraction of sp³-hybridized carbons (Fsp3) is 0.211. The van der Waals surface area contributed by atoms with Crippen LogP contribution in [-0.4, -0.2) is 0 Å². The van der Waals surface area contributed by atoms with E-state index in [9.17, 15) is 0 Å². The summed E-state index contributed by atoms with van der Waals surface area (Å²) >= 11 is 0. The second kappa shape index (κ2) is 14.3.